The van der Waals surface area contributed by atoms with Gasteiger partial charge in [-0.25, -0.2) is 0 Å². The summed E-state index contributed by atoms with van der Waals surface area (Å²) in [6.45, 7) is 3.56. The average Bonchev–Trinajstić information content (AvgIpc) is 2.82. The Labute approximate surface area is 87.1 Å². The van der Waals surface area contributed by atoms with Crippen molar-refractivity contribution in [2.24, 2.45) is 7.05 Å². The van der Waals surface area contributed by atoms with Gasteiger partial charge >= 0.3 is 0 Å². The highest BCUT2D eigenvalue weighted by Gasteiger charge is 2.09. The Hall–Kier alpha value is -1.76. The summed E-state index contributed by atoms with van der Waals surface area (Å²) in [7, 11) is 1.86. The molecule has 0 aliphatic carbocycles. The Kier molecular flexibility index (Phi) is 2.72. The molecule has 80 valence electrons. The van der Waals surface area contributed by atoms with Gasteiger partial charge in [0, 0.05) is 19.3 Å². The maximum atomic E-state index is 4.23. The van der Waals surface area contributed by atoms with Gasteiger partial charge in [0.1, 0.15) is 0 Å². The number of hydrogen-bond donors (Lipinski definition) is 1. The fraction of sp³-hybridized carbons (Fsp3) is 0.500. The number of nitrogens with one attached hydrogen (secondary N) is 1. The van der Waals surface area contributed by atoms with E-state index < -0.39 is 0 Å². The number of aromatic nitrogens is 6. The van der Waals surface area contributed by atoms with Crippen molar-refractivity contribution in [3.8, 4) is 5.82 Å². The van der Waals surface area contributed by atoms with E-state index in [1.807, 2.05) is 26.2 Å². The Morgan fingerprint density at radius 2 is 2.33 bits per heavy atom. The second-order valence-electron chi connectivity index (χ2n) is 3.13. The first-order valence-electron chi connectivity index (χ1n) is 4.79. The molecule has 0 bridgehead atoms. The van der Waals surface area contributed by atoms with Crippen LogP contribution in [-0.4, -0.2) is 36.5 Å². The van der Waals surface area contributed by atoms with Crippen LogP contribution in [0.3, 0.4) is 0 Å². The third-order valence-corrected chi connectivity index (χ3v) is 1.98. The van der Waals surface area contributed by atoms with E-state index in [9.17, 15) is 0 Å². The molecule has 0 saturated carbocycles. The van der Waals surface area contributed by atoms with Gasteiger partial charge in [-0.3, -0.25) is 4.68 Å². The highest BCUT2D eigenvalue weighted by atomic mass is 15.6. The third-order valence-electron chi connectivity index (χ3n) is 1.98. The minimum absolute atomic E-state index is 0.639. The van der Waals surface area contributed by atoms with E-state index in [2.05, 4.69) is 25.9 Å². The lowest BCUT2D eigenvalue weighted by Crippen LogP contribution is -2.16. The molecule has 7 nitrogen and oxygen atoms in total. The summed E-state index contributed by atoms with van der Waals surface area (Å²) in [4.78, 5) is 0. The topological polar surface area (TPSA) is 73.5 Å². The molecule has 0 unspecified atom stereocenters. The number of aryl methyl sites for hydroxylation is 1. The number of rotatable bonds is 4. The number of tetrazole rings is 1. The molecule has 0 aliphatic heterocycles. The molecule has 2 rings (SSSR count). The molecule has 0 aliphatic rings. The lowest BCUT2D eigenvalue weighted by atomic mass is 10.5. The Morgan fingerprint density at radius 1 is 1.47 bits per heavy atom. The van der Waals surface area contributed by atoms with Gasteiger partial charge in [-0.1, -0.05) is 6.92 Å². The molecule has 0 atom stereocenters. The zero-order valence-electron chi connectivity index (χ0n) is 8.75. The van der Waals surface area contributed by atoms with Crippen LogP contribution in [0.15, 0.2) is 12.3 Å². The van der Waals surface area contributed by atoms with Gasteiger partial charge in [-0.15, -0.1) is 5.10 Å². The Morgan fingerprint density at radius 3 is 3.00 bits per heavy atom. The van der Waals surface area contributed by atoms with Crippen LogP contribution in [0.1, 0.15) is 12.7 Å². The summed E-state index contributed by atoms with van der Waals surface area (Å²) >= 11 is 0. The van der Waals surface area contributed by atoms with Crippen LogP contribution in [0.4, 0.5) is 0 Å². The Bertz CT molecular complexity index is 430. The van der Waals surface area contributed by atoms with E-state index in [1.165, 1.54) is 0 Å². The summed E-state index contributed by atoms with van der Waals surface area (Å²) < 4.78 is 3.34. The van der Waals surface area contributed by atoms with E-state index in [0.717, 1.165) is 18.2 Å². The van der Waals surface area contributed by atoms with E-state index in [4.69, 9.17) is 0 Å². The van der Waals surface area contributed by atoms with E-state index in [-0.39, 0.29) is 0 Å². The van der Waals surface area contributed by atoms with Crippen molar-refractivity contribution in [3.63, 3.8) is 0 Å². The van der Waals surface area contributed by atoms with E-state index in [0.29, 0.717) is 6.54 Å². The molecular formula is C8H13N7. The summed E-state index contributed by atoms with van der Waals surface area (Å²) in [5.74, 6) is 1.49. The zero-order chi connectivity index (χ0) is 10.7. The van der Waals surface area contributed by atoms with Crippen molar-refractivity contribution in [1.82, 2.24) is 35.3 Å². The predicted octanol–water partition coefficient (Wildman–Crippen LogP) is -0.495. The highest BCUT2D eigenvalue weighted by molar-refractivity contribution is 5.18. The molecule has 1 N–H and O–H groups in total. The van der Waals surface area contributed by atoms with Crippen molar-refractivity contribution in [2.45, 2.75) is 13.5 Å². The minimum Gasteiger partial charge on any atom is -0.310 e. The molecule has 15 heavy (non-hydrogen) atoms. The molecule has 0 fully saturated rings. The fourth-order valence-corrected chi connectivity index (χ4v) is 1.25. The van der Waals surface area contributed by atoms with Crippen LogP contribution in [0.5, 0.6) is 0 Å². The largest absolute Gasteiger partial charge is 0.310 e. The maximum Gasteiger partial charge on any atom is 0.179 e. The fourth-order valence-electron chi connectivity index (χ4n) is 1.25. The van der Waals surface area contributed by atoms with Gasteiger partial charge in [-0.2, -0.15) is 9.78 Å². The lowest BCUT2D eigenvalue weighted by molar-refractivity contribution is 0.648. The van der Waals surface area contributed by atoms with Crippen molar-refractivity contribution in [2.75, 3.05) is 6.54 Å². The second kappa shape index (κ2) is 4.18. The quantitative estimate of drug-likeness (QED) is 0.732. The smallest absolute Gasteiger partial charge is 0.179 e. The first-order chi connectivity index (χ1) is 7.31. The highest BCUT2D eigenvalue weighted by Crippen LogP contribution is 2.03. The zero-order valence-corrected chi connectivity index (χ0v) is 8.75. The molecule has 0 spiro atoms. The molecule has 2 aromatic rings. The third kappa shape index (κ3) is 2.01. The van der Waals surface area contributed by atoms with E-state index in [1.54, 1.807) is 9.36 Å². The van der Waals surface area contributed by atoms with Gasteiger partial charge in [0.25, 0.3) is 0 Å². The molecule has 7 heteroatoms. The molecule has 2 aromatic heterocycles. The molecule has 2 heterocycles. The van der Waals surface area contributed by atoms with Gasteiger partial charge in [-0.05, 0) is 17.0 Å². The number of hydrogen-bond acceptors (Lipinski definition) is 5. The lowest BCUT2D eigenvalue weighted by Gasteiger charge is -2.00. The Balaban J connectivity index is 2.24. The first-order valence-corrected chi connectivity index (χ1v) is 4.79. The molecule has 0 amide bonds. The van der Waals surface area contributed by atoms with Crippen molar-refractivity contribution in [3.05, 3.63) is 18.1 Å². The van der Waals surface area contributed by atoms with Gasteiger partial charge in [0.2, 0.25) is 0 Å². The summed E-state index contributed by atoms with van der Waals surface area (Å²) in [5.41, 5.74) is 0. The van der Waals surface area contributed by atoms with Crippen LogP contribution >= 0.6 is 0 Å². The van der Waals surface area contributed by atoms with Crippen LogP contribution in [-0.2, 0) is 13.6 Å². The SMILES string of the molecule is CCNCc1nnnn1-c1ccn(C)n1. The molecule has 0 radical (unpaired) electrons. The molecular weight excluding hydrogens is 194 g/mol. The molecule has 0 aromatic carbocycles. The summed E-state index contributed by atoms with van der Waals surface area (Å²) in [5, 5.41) is 18.9. The second-order valence-corrected chi connectivity index (χ2v) is 3.13. The molecule has 0 saturated heterocycles. The van der Waals surface area contributed by atoms with Crippen LogP contribution < -0.4 is 5.32 Å². The predicted molar refractivity (Wildman–Crippen MR) is 53.3 cm³/mol. The van der Waals surface area contributed by atoms with Crippen LogP contribution in [0, 0.1) is 0 Å². The normalized spacial score (nSPS) is 10.8. The number of nitrogens with zero attached hydrogens (tertiary/aromatic N) is 6. The van der Waals surface area contributed by atoms with Crippen molar-refractivity contribution >= 4 is 0 Å². The van der Waals surface area contributed by atoms with Crippen LogP contribution in [0.25, 0.3) is 5.82 Å². The van der Waals surface area contributed by atoms with Crippen molar-refractivity contribution < 1.29 is 0 Å². The van der Waals surface area contributed by atoms with Crippen molar-refractivity contribution in [1.29, 1.82) is 0 Å². The van der Waals surface area contributed by atoms with E-state index >= 15 is 0 Å². The van der Waals surface area contributed by atoms with Crippen LogP contribution in [0.2, 0.25) is 0 Å². The van der Waals surface area contributed by atoms with Gasteiger partial charge in [0.15, 0.2) is 11.6 Å². The summed E-state index contributed by atoms with van der Waals surface area (Å²) in [6, 6.07) is 1.87. The average molecular weight is 207 g/mol. The van der Waals surface area contributed by atoms with Gasteiger partial charge < -0.3 is 5.32 Å². The van der Waals surface area contributed by atoms with Gasteiger partial charge in [0.05, 0.1) is 6.54 Å². The summed E-state index contributed by atoms with van der Waals surface area (Å²) in [6.07, 6.45) is 1.86. The first kappa shape index (κ1) is 9.78. The maximum absolute atomic E-state index is 4.23. The minimum atomic E-state index is 0.639. The monoisotopic (exact) mass is 207 g/mol. The standard InChI is InChI=1S/C8H13N7/c1-3-9-6-8-10-12-13-15(8)7-4-5-14(2)11-7/h4-5,9H,3,6H2,1-2H3.